The molecule has 1 amide bonds. The number of aliphatic hydroxyl groups is 2. The molecule has 4 heteroatoms. The first-order valence-corrected chi connectivity index (χ1v) is 7.92. The first-order valence-electron chi connectivity index (χ1n) is 7.92. The highest BCUT2D eigenvalue weighted by atomic mass is 16.5. The Hall–Kier alpha value is -2.43. The molecule has 0 aromatic carbocycles. The minimum Gasteiger partial charge on any atom is -0.366 e. The lowest BCUT2D eigenvalue weighted by atomic mass is 9.58. The van der Waals surface area contributed by atoms with Crippen LogP contribution in [0.3, 0.4) is 0 Å². The summed E-state index contributed by atoms with van der Waals surface area (Å²) in [5.41, 5.74) is 8.05. The topological polar surface area (TPSA) is 83.6 Å². The number of fused-ring (bicyclic) bond motifs is 4. The fraction of sp³-hybridized carbons (Fsp3) is 0.250. The Bertz CT molecular complexity index is 892. The number of nitrogens with two attached hydrogens (primary N) is 1. The zero-order valence-electron chi connectivity index (χ0n) is 13.6. The molecule has 0 saturated carbocycles. The maximum atomic E-state index is 11.8. The van der Waals surface area contributed by atoms with E-state index in [9.17, 15) is 15.0 Å². The minimum atomic E-state index is -1.99. The van der Waals surface area contributed by atoms with E-state index in [1.807, 2.05) is 50.3 Å². The number of amides is 1. The van der Waals surface area contributed by atoms with Gasteiger partial charge in [-0.3, -0.25) is 4.79 Å². The summed E-state index contributed by atoms with van der Waals surface area (Å²) in [7, 11) is 0. The van der Waals surface area contributed by atoms with E-state index < -0.39 is 22.5 Å². The van der Waals surface area contributed by atoms with Gasteiger partial charge in [0.15, 0.2) is 5.79 Å². The van der Waals surface area contributed by atoms with Gasteiger partial charge < -0.3 is 15.9 Å². The van der Waals surface area contributed by atoms with Crippen LogP contribution in [0.25, 0.3) is 0 Å². The Kier molecular flexibility index (Phi) is 2.74. The molecule has 4 aliphatic rings. The van der Waals surface area contributed by atoms with Gasteiger partial charge in [-0.1, -0.05) is 48.6 Å². The number of carbonyl (C=O) groups excluding carboxylic acids is 1. The first kappa shape index (κ1) is 15.1. The molecule has 0 saturated heterocycles. The summed E-state index contributed by atoms with van der Waals surface area (Å²) in [4.78, 5) is 11.8. The van der Waals surface area contributed by atoms with Crippen molar-refractivity contribution in [3.8, 4) is 0 Å². The molecule has 0 radical (unpaired) electrons. The summed E-state index contributed by atoms with van der Waals surface area (Å²) in [6, 6.07) is 0. The summed E-state index contributed by atoms with van der Waals surface area (Å²) < 4.78 is 0. The number of hydrogen-bond donors (Lipinski definition) is 3. The van der Waals surface area contributed by atoms with Crippen LogP contribution in [0.5, 0.6) is 0 Å². The summed E-state index contributed by atoms with van der Waals surface area (Å²) in [6.07, 6.45) is 16.3. The highest BCUT2D eigenvalue weighted by molar-refractivity contribution is 5.97. The molecular formula is C20H19NO3. The van der Waals surface area contributed by atoms with Crippen molar-refractivity contribution in [1.82, 2.24) is 0 Å². The zero-order chi connectivity index (χ0) is 17.3. The monoisotopic (exact) mass is 321 g/mol. The second kappa shape index (κ2) is 4.35. The van der Waals surface area contributed by atoms with Gasteiger partial charge in [0.1, 0.15) is 0 Å². The highest BCUT2D eigenvalue weighted by Crippen LogP contribution is 2.57. The van der Waals surface area contributed by atoms with Gasteiger partial charge in [-0.05, 0) is 42.2 Å². The molecule has 0 aliphatic heterocycles. The Morgan fingerprint density at radius 3 is 2.50 bits per heavy atom. The summed E-state index contributed by atoms with van der Waals surface area (Å²) in [5.74, 6) is -2.43. The van der Waals surface area contributed by atoms with Crippen molar-refractivity contribution in [1.29, 1.82) is 0 Å². The van der Waals surface area contributed by atoms with Crippen LogP contribution in [0, 0.1) is 10.8 Å². The van der Waals surface area contributed by atoms with Crippen molar-refractivity contribution in [3.05, 3.63) is 82.5 Å². The van der Waals surface area contributed by atoms with Gasteiger partial charge in [-0.2, -0.15) is 0 Å². The zero-order valence-corrected chi connectivity index (χ0v) is 13.6. The molecule has 0 heterocycles. The van der Waals surface area contributed by atoms with Crippen molar-refractivity contribution in [2.24, 2.45) is 16.6 Å². The van der Waals surface area contributed by atoms with Crippen LogP contribution >= 0.6 is 0 Å². The summed E-state index contributed by atoms with van der Waals surface area (Å²) >= 11 is 0. The molecule has 2 atom stereocenters. The number of allylic oxidation sites excluding steroid dienone is 10. The van der Waals surface area contributed by atoms with Crippen LogP contribution in [-0.2, 0) is 4.79 Å². The van der Waals surface area contributed by atoms with E-state index in [4.69, 9.17) is 5.73 Å². The number of carbonyl (C=O) groups is 1. The summed E-state index contributed by atoms with van der Waals surface area (Å²) in [5, 5.41) is 21.3. The second-order valence-corrected chi connectivity index (χ2v) is 7.05. The Labute approximate surface area is 140 Å². The SMILES string of the molecule is CC12C=CC3=C(C=CC4=CC=CC(O)(O)C43C)C1=CC=C2C(N)=O. The van der Waals surface area contributed by atoms with Crippen LogP contribution in [0.4, 0.5) is 0 Å². The number of primary amides is 1. The van der Waals surface area contributed by atoms with Gasteiger partial charge in [0.25, 0.3) is 0 Å². The molecule has 0 fully saturated rings. The Morgan fingerprint density at radius 1 is 1.04 bits per heavy atom. The molecule has 4 N–H and O–H groups in total. The van der Waals surface area contributed by atoms with E-state index in [1.54, 1.807) is 12.2 Å². The fourth-order valence-electron chi connectivity index (χ4n) is 4.23. The predicted octanol–water partition coefficient (Wildman–Crippen LogP) is 1.96. The maximum Gasteiger partial charge on any atom is 0.245 e. The average molecular weight is 321 g/mol. The van der Waals surface area contributed by atoms with Crippen molar-refractivity contribution in [3.63, 3.8) is 0 Å². The highest BCUT2D eigenvalue weighted by Gasteiger charge is 2.53. The van der Waals surface area contributed by atoms with Crippen molar-refractivity contribution >= 4 is 5.91 Å². The minimum absolute atomic E-state index is 0.441. The van der Waals surface area contributed by atoms with Crippen LogP contribution in [-0.4, -0.2) is 21.9 Å². The Balaban J connectivity index is 1.91. The standard InChI is InChI=1S/C20H19NO3/c1-18-11-9-15-13(14(18)7-8-16(18)17(21)22)6-5-12-4-3-10-20(23,24)19(12,15)2/h3-11,23-24H,1-2H3,(H2,21,22). The molecule has 4 nitrogen and oxygen atoms in total. The normalized spacial score (nSPS) is 34.9. The van der Waals surface area contributed by atoms with Crippen LogP contribution < -0.4 is 5.73 Å². The van der Waals surface area contributed by atoms with Crippen molar-refractivity contribution in [2.75, 3.05) is 0 Å². The lowest BCUT2D eigenvalue weighted by Crippen LogP contribution is -2.50. The Morgan fingerprint density at radius 2 is 1.79 bits per heavy atom. The maximum absolute atomic E-state index is 11.8. The van der Waals surface area contributed by atoms with E-state index in [0.717, 1.165) is 22.3 Å². The second-order valence-electron chi connectivity index (χ2n) is 7.05. The summed E-state index contributed by atoms with van der Waals surface area (Å²) in [6.45, 7) is 3.78. The van der Waals surface area contributed by atoms with Gasteiger partial charge in [-0.25, -0.2) is 0 Å². The third-order valence-electron chi connectivity index (χ3n) is 5.85. The molecule has 0 bridgehead atoms. The van der Waals surface area contributed by atoms with Gasteiger partial charge in [0.2, 0.25) is 5.91 Å². The lowest BCUT2D eigenvalue weighted by molar-refractivity contribution is -0.174. The van der Waals surface area contributed by atoms with Crippen molar-refractivity contribution < 1.29 is 15.0 Å². The van der Waals surface area contributed by atoms with Gasteiger partial charge >= 0.3 is 0 Å². The molecule has 4 rings (SSSR count). The van der Waals surface area contributed by atoms with E-state index in [1.165, 1.54) is 6.08 Å². The van der Waals surface area contributed by atoms with E-state index in [-0.39, 0.29) is 0 Å². The third kappa shape index (κ3) is 1.57. The van der Waals surface area contributed by atoms with Crippen LogP contribution in [0.1, 0.15) is 13.8 Å². The smallest absolute Gasteiger partial charge is 0.245 e. The molecule has 0 spiro atoms. The van der Waals surface area contributed by atoms with Crippen LogP contribution in [0.2, 0.25) is 0 Å². The van der Waals surface area contributed by atoms with E-state index in [0.29, 0.717) is 5.57 Å². The predicted molar refractivity (Wildman–Crippen MR) is 91.3 cm³/mol. The van der Waals surface area contributed by atoms with E-state index >= 15 is 0 Å². The van der Waals surface area contributed by atoms with Gasteiger partial charge in [0, 0.05) is 11.0 Å². The lowest BCUT2D eigenvalue weighted by Gasteiger charge is -2.48. The fourth-order valence-corrected chi connectivity index (χ4v) is 4.23. The van der Waals surface area contributed by atoms with E-state index in [2.05, 4.69) is 0 Å². The number of hydrogen-bond acceptors (Lipinski definition) is 3. The first-order chi connectivity index (χ1) is 11.2. The van der Waals surface area contributed by atoms with Gasteiger partial charge in [0.05, 0.1) is 5.41 Å². The molecule has 0 aromatic rings. The van der Waals surface area contributed by atoms with Crippen LogP contribution in [0.15, 0.2) is 82.5 Å². The molecule has 2 unspecified atom stereocenters. The molecule has 122 valence electrons. The van der Waals surface area contributed by atoms with Gasteiger partial charge in [-0.15, -0.1) is 0 Å². The van der Waals surface area contributed by atoms with Crippen molar-refractivity contribution in [2.45, 2.75) is 19.6 Å². The molecule has 0 aromatic heterocycles. The average Bonchev–Trinajstić information content (AvgIpc) is 2.86. The largest absolute Gasteiger partial charge is 0.366 e. The molecule has 24 heavy (non-hydrogen) atoms. The molecular weight excluding hydrogens is 302 g/mol. The quantitative estimate of drug-likeness (QED) is 0.646. The molecule has 4 aliphatic carbocycles. The third-order valence-corrected chi connectivity index (χ3v) is 5.85. The number of rotatable bonds is 1.